The molecule has 0 N–H and O–H groups in total. The van der Waals surface area contributed by atoms with Crippen LogP contribution in [-0.2, 0) is 7.05 Å². The zero-order valence-corrected chi connectivity index (χ0v) is 10.7. The largest absolute Gasteiger partial charge is 0.286 e. The van der Waals surface area contributed by atoms with Crippen molar-refractivity contribution >= 4 is 34.0 Å². The molecule has 0 saturated carbocycles. The van der Waals surface area contributed by atoms with Gasteiger partial charge in [-0.15, -0.1) is 11.8 Å². The van der Waals surface area contributed by atoms with Gasteiger partial charge >= 0.3 is 0 Å². The second-order valence-electron chi connectivity index (χ2n) is 3.88. The molecule has 5 nitrogen and oxygen atoms in total. The summed E-state index contributed by atoms with van der Waals surface area (Å²) >= 11 is 1.63. The zero-order valence-electron chi connectivity index (χ0n) is 9.91. The Balaban J connectivity index is 2.47. The Bertz CT molecular complexity index is 812. The quantitative estimate of drug-likeness (QED) is 0.490. The van der Waals surface area contributed by atoms with Crippen molar-refractivity contribution in [1.29, 1.82) is 0 Å². The summed E-state index contributed by atoms with van der Waals surface area (Å²) in [6.07, 6.45) is 3.26. The van der Waals surface area contributed by atoms with Crippen LogP contribution in [0, 0.1) is 0 Å². The van der Waals surface area contributed by atoms with Gasteiger partial charge in [-0.3, -0.25) is 4.79 Å². The molecule has 0 bridgehead atoms. The topological polar surface area (TPSA) is 60.7 Å². The summed E-state index contributed by atoms with van der Waals surface area (Å²) in [5, 5.41) is 3.94. The van der Waals surface area contributed by atoms with Crippen LogP contribution in [-0.4, -0.2) is 26.0 Å². The summed E-state index contributed by atoms with van der Waals surface area (Å²) in [7, 11) is 1.75. The van der Waals surface area contributed by atoms with Crippen molar-refractivity contribution in [1.82, 2.24) is 19.7 Å². The minimum absolute atomic E-state index is 0.202. The van der Waals surface area contributed by atoms with E-state index in [9.17, 15) is 4.79 Å². The van der Waals surface area contributed by atoms with Crippen LogP contribution < -0.4 is 5.43 Å². The van der Waals surface area contributed by atoms with Gasteiger partial charge in [0.25, 0.3) is 0 Å². The summed E-state index contributed by atoms with van der Waals surface area (Å²) in [4.78, 5) is 21.7. The fraction of sp³-hybridized carbons (Fsp3) is 0.167. The molecule has 0 aliphatic heterocycles. The lowest BCUT2D eigenvalue weighted by atomic mass is 10.3. The van der Waals surface area contributed by atoms with Crippen molar-refractivity contribution in [2.45, 2.75) is 4.90 Å². The van der Waals surface area contributed by atoms with E-state index in [1.807, 2.05) is 24.5 Å². The maximum atomic E-state index is 11.7. The Morgan fingerprint density at radius 2 is 2.06 bits per heavy atom. The maximum absolute atomic E-state index is 11.7. The predicted molar refractivity (Wildman–Crippen MR) is 71.9 cm³/mol. The van der Waals surface area contributed by atoms with Gasteiger partial charge in [0.15, 0.2) is 11.2 Å². The summed E-state index contributed by atoms with van der Waals surface area (Å²) in [6, 6.07) is 5.83. The van der Waals surface area contributed by atoms with E-state index in [1.54, 1.807) is 23.5 Å². The number of aromatic nitrogens is 4. The van der Waals surface area contributed by atoms with Crippen LogP contribution in [0.2, 0.25) is 0 Å². The number of nitrogens with zero attached hydrogens (tertiary/aromatic N) is 4. The van der Waals surface area contributed by atoms with Crippen molar-refractivity contribution < 1.29 is 0 Å². The van der Waals surface area contributed by atoms with Crippen LogP contribution in [0.4, 0.5) is 0 Å². The Labute approximate surface area is 107 Å². The summed E-state index contributed by atoms with van der Waals surface area (Å²) in [5.74, 6) is 0. The highest BCUT2D eigenvalue weighted by atomic mass is 32.2. The van der Waals surface area contributed by atoms with Gasteiger partial charge in [-0.1, -0.05) is 0 Å². The van der Waals surface area contributed by atoms with Crippen LogP contribution in [0.1, 0.15) is 0 Å². The molecule has 0 spiro atoms. The van der Waals surface area contributed by atoms with Gasteiger partial charge in [0.05, 0.1) is 17.2 Å². The second kappa shape index (κ2) is 4.06. The smallest absolute Gasteiger partial charge is 0.228 e. The second-order valence-corrected chi connectivity index (χ2v) is 4.76. The number of thioether (sulfide) groups is 1. The van der Waals surface area contributed by atoms with E-state index in [4.69, 9.17) is 0 Å². The fourth-order valence-corrected chi connectivity index (χ4v) is 2.23. The molecule has 3 aromatic rings. The van der Waals surface area contributed by atoms with Crippen LogP contribution in [0.15, 0.2) is 34.1 Å². The van der Waals surface area contributed by atoms with Gasteiger partial charge in [0, 0.05) is 11.9 Å². The molecule has 0 aliphatic rings. The molecular weight excluding hydrogens is 248 g/mol. The molecule has 6 heteroatoms. The van der Waals surface area contributed by atoms with E-state index >= 15 is 0 Å². The summed E-state index contributed by atoms with van der Waals surface area (Å²) in [5.41, 5.74) is 2.16. The van der Waals surface area contributed by atoms with Gasteiger partial charge in [-0.2, -0.15) is 5.10 Å². The molecule has 2 aromatic heterocycles. The highest BCUT2D eigenvalue weighted by Crippen LogP contribution is 2.20. The third-order valence-corrected chi connectivity index (χ3v) is 3.47. The van der Waals surface area contributed by atoms with Crippen molar-refractivity contribution in [2.75, 3.05) is 6.26 Å². The van der Waals surface area contributed by atoms with E-state index < -0.39 is 0 Å². The van der Waals surface area contributed by atoms with Gasteiger partial charge in [0.2, 0.25) is 5.43 Å². The Kier molecular flexibility index (Phi) is 2.52. The van der Waals surface area contributed by atoms with E-state index in [2.05, 4.69) is 15.1 Å². The number of hydrogen-bond acceptors (Lipinski definition) is 5. The van der Waals surface area contributed by atoms with Gasteiger partial charge in [-0.05, 0) is 24.5 Å². The molecule has 3 rings (SSSR count). The first-order chi connectivity index (χ1) is 8.69. The highest BCUT2D eigenvalue weighted by molar-refractivity contribution is 7.98. The zero-order chi connectivity index (χ0) is 12.7. The number of hydrogen-bond donors (Lipinski definition) is 0. The first-order valence-corrected chi connectivity index (χ1v) is 6.59. The standard InChI is InChI=1S/C12H10N4OS/c1-16-12-11(10(17)6-13-16)14-9-5-7(18-2)3-4-8(9)15-12/h3-6H,1-2H3. The van der Waals surface area contributed by atoms with E-state index in [1.165, 1.54) is 6.20 Å². The third-order valence-electron chi connectivity index (χ3n) is 2.74. The van der Waals surface area contributed by atoms with E-state index in [0.29, 0.717) is 11.2 Å². The predicted octanol–water partition coefficient (Wildman–Crippen LogP) is 1.60. The molecule has 90 valence electrons. The minimum atomic E-state index is -0.202. The van der Waals surface area contributed by atoms with Crippen molar-refractivity contribution in [2.24, 2.45) is 7.05 Å². The lowest BCUT2D eigenvalue weighted by Crippen LogP contribution is -2.12. The van der Waals surface area contributed by atoms with Gasteiger partial charge in [0.1, 0.15) is 0 Å². The van der Waals surface area contributed by atoms with Crippen LogP contribution in [0.3, 0.4) is 0 Å². The summed E-state index contributed by atoms with van der Waals surface area (Å²) < 4.78 is 1.56. The van der Waals surface area contributed by atoms with Crippen molar-refractivity contribution in [3.8, 4) is 0 Å². The molecule has 2 heterocycles. The molecule has 0 radical (unpaired) electrons. The van der Waals surface area contributed by atoms with Gasteiger partial charge < -0.3 is 0 Å². The molecule has 0 fully saturated rings. The van der Waals surface area contributed by atoms with Gasteiger partial charge in [-0.25, -0.2) is 14.6 Å². The molecule has 1 aromatic carbocycles. The minimum Gasteiger partial charge on any atom is -0.286 e. The van der Waals surface area contributed by atoms with Crippen molar-refractivity contribution in [3.63, 3.8) is 0 Å². The molecule has 0 aliphatic carbocycles. The number of rotatable bonds is 1. The molecule has 0 atom stereocenters. The first-order valence-electron chi connectivity index (χ1n) is 5.37. The van der Waals surface area contributed by atoms with Crippen molar-refractivity contribution in [3.05, 3.63) is 34.6 Å². The maximum Gasteiger partial charge on any atom is 0.228 e. The highest BCUT2D eigenvalue weighted by Gasteiger charge is 2.07. The Hall–Kier alpha value is -1.95. The van der Waals surface area contributed by atoms with Crippen LogP contribution in [0.25, 0.3) is 22.2 Å². The average molecular weight is 258 g/mol. The Morgan fingerprint density at radius 1 is 1.22 bits per heavy atom. The van der Waals surface area contributed by atoms with Crippen LogP contribution in [0.5, 0.6) is 0 Å². The van der Waals surface area contributed by atoms with E-state index in [-0.39, 0.29) is 5.43 Å². The molecular formula is C12H10N4OS. The fourth-order valence-electron chi connectivity index (χ4n) is 1.80. The SMILES string of the molecule is CSc1ccc2nc3c(nc2c1)c(=O)cnn3C. The lowest BCUT2D eigenvalue weighted by molar-refractivity contribution is 0.761. The molecule has 0 amide bonds. The first kappa shape index (κ1) is 11.2. The van der Waals surface area contributed by atoms with E-state index in [0.717, 1.165) is 15.9 Å². The number of fused-ring (bicyclic) bond motifs is 2. The monoisotopic (exact) mass is 258 g/mol. The Morgan fingerprint density at radius 3 is 2.83 bits per heavy atom. The number of aryl methyl sites for hydroxylation is 1. The summed E-state index contributed by atoms with van der Waals surface area (Å²) in [6.45, 7) is 0. The average Bonchev–Trinajstić information content (AvgIpc) is 2.41. The van der Waals surface area contributed by atoms with Crippen LogP contribution >= 0.6 is 11.8 Å². The normalized spacial score (nSPS) is 11.2. The molecule has 0 unspecified atom stereocenters. The lowest BCUT2D eigenvalue weighted by Gasteiger charge is -2.04. The molecule has 18 heavy (non-hydrogen) atoms. The number of benzene rings is 1. The molecule has 0 saturated heterocycles. The third kappa shape index (κ3) is 1.65.